The SMILES string of the molecule is Cc1ccc(C(=O)N(Cc2cccc(OCCc3ccsc3)c2)C[C@@H]2CCCO2)cc1. The second-order valence-corrected chi connectivity index (χ2v) is 8.84. The van der Waals surface area contributed by atoms with Crippen LogP contribution < -0.4 is 4.74 Å². The molecule has 0 bridgehead atoms. The summed E-state index contributed by atoms with van der Waals surface area (Å²) in [5, 5.41) is 4.24. The number of hydrogen-bond acceptors (Lipinski definition) is 4. The number of aryl methyl sites for hydroxylation is 1. The van der Waals surface area contributed by atoms with Crippen molar-refractivity contribution >= 4 is 17.2 Å². The molecule has 0 aliphatic carbocycles. The average molecular weight is 436 g/mol. The Morgan fingerprint density at radius 1 is 1.16 bits per heavy atom. The van der Waals surface area contributed by atoms with Gasteiger partial charge >= 0.3 is 0 Å². The monoisotopic (exact) mass is 435 g/mol. The van der Waals surface area contributed by atoms with E-state index >= 15 is 0 Å². The number of hydrogen-bond donors (Lipinski definition) is 0. The van der Waals surface area contributed by atoms with Gasteiger partial charge in [0.05, 0.1) is 12.7 Å². The first-order valence-electron chi connectivity index (χ1n) is 10.9. The number of ether oxygens (including phenoxy) is 2. The molecule has 3 aromatic rings. The van der Waals surface area contributed by atoms with Gasteiger partial charge in [-0.3, -0.25) is 4.79 Å². The summed E-state index contributed by atoms with van der Waals surface area (Å²) in [6.07, 6.45) is 3.07. The van der Waals surface area contributed by atoms with Crippen LogP contribution in [0.3, 0.4) is 0 Å². The molecule has 1 aliphatic heterocycles. The maximum Gasteiger partial charge on any atom is 0.254 e. The van der Waals surface area contributed by atoms with Crippen molar-refractivity contribution < 1.29 is 14.3 Å². The number of amides is 1. The van der Waals surface area contributed by atoms with E-state index in [9.17, 15) is 4.79 Å². The number of thiophene rings is 1. The molecule has 2 aromatic carbocycles. The number of nitrogens with zero attached hydrogens (tertiary/aromatic N) is 1. The third-order valence-electron chi connectivity index (χ3n) is 5.55. The van der Waals surface area contributed by atoms with Crippen LogP contribution in [0.25, 0.3) is 0 Å². The van der Waals surface area contributed by atoms with Gasteiger partial charge in [0.25, 0.3) is 5.91 Å². The minimum Gasteiger partial charge on any atom is -0.493 e. The molecule has 1 amide bonds. The second kappa shape index (κ2) is 10.6. The van der Waals surface area contributed by atoms with Crippen LogP contribution in [0, 0.1) is 6.92 Å². The van der Waals surface area contributed by atoms with Gasteiger partial charge in [0, 0.05) is 31.7 Å². The van der Waals surface area contributed by atoms with E-state index in [0.717, 1.165) is 42.7 Å². The summed E-state index contributed by atoms with van der Waals surface area (Å²) >= 11 is 1.71. The van der Waals surface area contributed by atoms with Gasteiger partial charge in [-0.2, -0.15) is 11.3 Å². The van der Waals surface area contributed by atoms with E-state index in [2.05, 4.69) is 22.9 Å². The van der Waals surface area contributed by atoms with Gasteiger partial charge in [0.2, 0.25) is 0 Å². The molecule has 1 aliphatic rings. The topological polar surface area (TPSA) is 38.8 Å². The van der Waals surface area contributed by atoms with E-state index in [-0.39, 0.29) is 12.0 Å². The Kier molecular flexibility index (Phi) is 7.39. The minimum absolute atomic E-state index is 0.0410. The zero-order chi connectivity index (χ0) is 21.5. The lowest BCUT2D eigenvalue weighted by atomic mass is 10.1. The van der Waals surface area contributed by atoms with Crippen molar-refractivity contribution in [2.75, 3.05) is 19.8 Å². The van der Waals surface area contributed by atoms with E-state index < -0.39 is 0 Å². The summed E-state index contributed by atoms with van der Waals surface area (Å²) in [7, 11) is 0. The first-order chi connectivity index (χ1) is 15.2. The molecule has 0 N–H and O–H groups in total. The Labute approximate surface area is 188 Å². The Morgan fingerprint density at radius 3 is 2.77 bits per heavy atom. The maximum absolute atomic E-state index is 13.3. The fraction of sp³-hybridized carbons (Fsp3) is 0.346. The lowest BCUT2D eigenvalue weighted by Gasteiger charge is -2.26. The molecule has 0 saturated carbocycles. The van der Waals surface area contributed by atoms with Gasteiger partial charge in [-0.25, -0.2) is 0 Å². The van der Waals surface area contributed by atoms with Crippen molar-refractivity contribution in [1.29, 1.82) is 0 Å². The first-order valence-corrected chi connectivity index (χ1v) is 11.8. The van der Waals surface area contributed by atoms with Gasteiger partial charge in [0.15, 0.2) is 0 Å². The van der Waals surface area contributed by atoms with Crippen LogP contribution in [0.2, 0.25) is 0 Å². The first kappa shape index (κ1) is 21.6. The fourth-order valence-electron chi connectivity index (χ4n) is 3.81. The largest absolute Gasteiger partial charge is 0.493 e. The predicted octanol–water partition coefficient (Wildman–Crippen LogP) is 5.50. The van der Waals surface area contributed by atoms with Crippen molar-refractivity contribution in [3.8, 4) is 5.75 Å². The third kappa shape index (κ3) is 6.18. The summed E-state index contributed by atoms with van der Waals surface area (Å²) in [5.74, 6) is 0.881. The summed E-state index contributed by atoms with van der Waals surface area (Å²) in [4.78, 5) is 15.2. The van der Waals surface area contributed by atoms with Crippen molar-refractivity contribution in [2.24, 2.45) is 0 Å². The summed E-state index contributed by atoms with van der Waals surface area (Å²) < 4.78 is 11.8. The maximum atomic E-state index is 13.3. The van der Waals surface area contributed by atoms with Crippen LogP contribution in [0.15, 0.2) is 65.4 Å². The van der Waals surface area contributed by atoms with Crippen molar-refractivity contribution in [3.63, 3.8) is 0 Å². The molecule has 4 nitrogen and oxygen atoms in total. The van der Waals surface area contributed by atoms with Crippen LogP contribution in [0.1, 0.15) is 39.9 Å². The quantitative estimate of drug-likeness (QED) is 0.445. The van der Waals surface area contributed by atoms with Crippen molar-refractivity contribution in [2.45, 2.75) is 38.8 Å². The molecule has 0 unspecified atom stereocenters. The molecule has 0 spiro atoms. The molecular formula is C26H29NO3S. The molecule has 5 heteroatoms. The van der Waals surface area contributed by atoms with Crippen LogP contribution in [0.4, 0.5) is 0 Å². The normalized spacial score (nSPS) is 15.7. The van der Waals surface area contributed by atoms with Gasteiger partial charge < -0.3 is 14.4 Å². The van der Waals surface area contributed by atoms with Crippen LogP contribution in [0.5, 0.6) is 5.75 Å². The molecule has 1 aromatic heterocycles. The summed E-state index contributed by atoms with van der Waals surface area (Å²) in [5.41, 5.74) is 4.22. The van der Waals surface area contributed by atoms with Crippen LogP contribution in [-0.4, -0.2) is 36.7 Å². The molecule has 31 heavy (non-hydrogen) atoms. The molecule has 1 fully saturated rings. The fourth-order valence-corrected chi connectivity index (χ4v) is 4.51. The number of benzene rings is 2. The molecule has 4 rings (SSSR count). The van der Waals surface area contributed by atoms with E-state index in [4.69, 9.17) is 9.47 Å². The molecule has 162 valence electrons. The molecule has 0 radical (unpaired) electrons. The van der Waals surface area contributed by atoms with Gasteiger partial charge in [-0.15, -0.1) is 0 Å². The number of carbonyl (C=O) groups is 1. The Hall–Kier alpha value is -2.63. The Bertz CT molecular complexity index is 963. The highest BCUT2D eigenvalue weighted by molar-refractivity contribution is 7.07. The molecule has 1 atom stereocenters. The number of carbonyl (C=O) groups excluding carboxylic acids is 1. The predicted molar refractivity (Wildman–Crippen MR) is 125 cm³/mol. The smallest absolute Gasteiger partial charge is 0.254 e. The third-order valence-corrected chi connectivity index (χ3v) is 6.28. The molecule has 1 saturated heterocycles. The van der Waals surface area contributed by atoms with Gasteiger partial charge in [0.1, 0.15) is 5.75 Å². The Balaban J connectivity index is 1.43. The van der Waals surface area contributed by atoms with Crippen LogP contribution >= 0.6 is 11.3 Å². The van der Waals surface area contributed by atoms with E-state index in [1.165, 1.54) is 5.56 Å². The minimum atomic E-state index is 0.0410. The molecular weight excluding hydrogens is 406 g/mol. The van der Waals surface area contributed by atoms with Crippen LogP contribution in [-0.2, 0) is 17.7 Å². The highest BCUT2D eigenvalue weighted by Gasteiger charge is 2.23. The standard InChI is InChI=1S/C26H29NO3S/c1-20-7-9-23(10-8-20)26(28)27(18-25-6-3-13-29-25)17-22-4-2-5-24(16-22)30-14-11-21-12-15-31-19-21/h2,4-5,7-10,12,15-16,19,25H,3,6,11,13-14,17-18H2,1H3/t25-/m0/s1. The number of rotatable bonds is 9. The van der Waals surface area contributed by atoms with E-state index in [1.54, 1.807) is 11.3 Å². The average Bonchev–Trinajstić information content (AvgIpc) is 3.48. The lowest BCUT2D eigenvalue weighted by Crippen LogP contribution is -2.37. The van der Waals surface area contributed by atoms with Gasteiger partial charge in [-0.1, -0.05) is 29.8 Å². The highest BCUT2D eigenvalue weighted by Crippen LogP contribution is 2.20. The Morgan fingerprint density at radius 2 is 2.03 bits per heavy atom. The second-order valence-electron chi connectivity index (χ2n) is 8.06. The van der Waals surface area contributed by atoms with E-state index in [0.29, 0.717) is 25.3 Å². The lowest BCUT2D eigenvalue weighted by molar-refractivity contribution is 0.0507. The zero-order valence-electron chi connectivity index (χ0n) is 18.0. The molecule has 2 heterocycles. The highest BCUT2D eigenvalue weighted by atomic mass is 32.1. The van der Waals surface area contributed by atoms with Crippen molar-refractivity contribution in [3.05, 3.63) is 87.6 Å². The summed E-state index contributed by atoms with van der Waals surface area (Å²) in [6, 6.07) is 18.0. The summed E-state index contributed by atoms with van der Waals surface area (Å²) in [6.45, 7) is 4.60. The van der Waals surface area contributed by atoms with E-state index in [1.807, 2.05) is 54.3 Å². The van der Waals surface area contributed by atoms with Gasteiger partial charge in [-0.05, 0) is 72.0 Å². The zero-order valence-corrected chi connectivity index (χ0v) is 18.8. The van der Waals surface area contributed by atoms with Crippen molar-refractivity contribution in [1.82, 2.24) is 4.90 Å².